The molecule has 4 heteroatoms. The van der Waals surface area contributed by atoms with Gasteiger partial charge in [0.25, 0.3) is 5.91 Å². The molecule has 0 unspecified atom stereocenters. The lowest BCUT2D eigenvalue weighted by molar-refractivity contribution is 0.0944. The third kappa shape index (κ3) is 3.97. The lowest BCUT2D eigenvalue weighted by Gasteiger charge is -2.30. The molecule has 0 aromatic heterocycles. The maximum atomic E-state index is 12.1. The molecule has 1 amide bonds. The second-order valence-electron chi connectivity index (χ2n) is 5.85. The second-order valence-corrected chi connectivity index (χ2v) is 5.85. The second kappa shape index (κ2) is 6.75. The van der Waals surface area contributed by atoms with E-state index in [1.54, 1.807) is 12.1 Å². The zero-order valence-corrected chi connectivity index (χ0v) is 12.5. The molecular formula is C16H25N3O. The first kappa shape index (κ1) is 14.9. The van der Waals surface area contributed by atoms with Gasteiger partial charge in [0.2, 0.25) is 0 Å². The number of nitrogens with one attached hydrogen (secondary N) is 1. The van der Waals surface area contributed by atoms with Crippen LogP contribution in [0.5, 0.6) is 0 Å². The number of aryl methyl sites for hydroxylation is 1. The number of hydrogen-bond acceptors (Lipinski definition) is 3. The molecule has 3 N–H and O–H groups in total. The number of benzene rings is 1. The van der Waals surface area contributed by atoms with Crippen molar-refractivity contribution in [2.45, 2.75) is 26.7 Å². The summed E-state index contributed by atoms with van der Waals surface area (Å²) in [7, 11) is 0. The molecular weight excluding hydrogens is 250 g/mol. The average Bonchev–Trinajstić information content (AvgIpc) is 2.41. The summed E-state index contributed by atoms with van der Waals surface area (Å²) in [5.74, 6) is 0.839. The predicted molar refractivity (Wildman–Crippen MR) is 82.8 cm³/mol. The molecule has 1 aromatic rings. The van der Waals surface area contributed by atoms with Crippen LogP contribution < -0.4 is 11.1 Å². The van der Waals surface area contributed by atoms with Crippen molar-refractivity contribution in [1.82, 2.24) is 10.2 Å². The molecule has 4 nitrogen and oxygen atoms in total. The summed E-state index contributed by atoms with van der Waals surface area (Å²) < 4.78 is 0. The zero-order chi connectivity index (χ0) is 14.5. The molecule has 1 fully saturated rings. The molecule has 0 spiro atoms. The summed E-state index contributed by atoms with van der Waals surface area (Å²) in [5, 5.41) is 3.00. The number of hydrogen-bond donors (Lipinski definition) is 2. The van der Waals surface area contributed by atoms with Crippen LogP contribution in [0, 0.1) is 12.8 Å². The topological polar surface area (TPSA) is 58.4 Å². The highest BCUT2D eigenvalue weighted by Crippen LogP contribution is 2.15. The number of nitrogens with zero attached hydrogens (tertiary/aromatic N) is 1. The minimum atomic E-state index is -0.00659. The first-order valence-corrected chi connectivity index (χ1v) is 7.43. The summed E-state index contributed by atoms with van der Waals surface area (Å²) in [5.41, 5.74) is 8.03. The lowest BCUT2D eigenvalue weighted by Crippen LogP contribution is -2.39. The fourth-order valence-electron chi connectivity index (χ4n) is 2.65. The summed E-state index contributed by atoms with van der Waals surface area (Å²) in [6.07, 6.45) is 2.54. The third-order valence-corrected chi connectivity index (χ3v) is 4.08. The van der Waals surface area contributed by atoms with Gasteiger partial charge in [0, 0.05) is 24.3 Å². The van der Waals surface area contributed by atoms with Crippen molar-refractivity contribution in [2.24, 2.45) is 5.92 Å². The van der Waals surface area contributed by atoms with Gasteiger partial charge in [-0.05, 0) is 62.5 Å². The SMILES string of the molecule is Cc1cc(N)ccc1C(=O)NCCN1CCC(C)CC1. The van der Waals surface area contributed by atoms with Gasteiger partial charge in [0.05, 0.1) is 0 Å². The molecule has 1 aliphatic rings. The van der Waals surface area contributed by atoms with Crippen molar-refractivity contribution in [3.05, 3.63) is 29.3 Å². The van der Waals surface area contributed by atoms with E-state index >= 15 is 0 Å². The van der Waals surface area contributed by atoms with Gasteiger partial charge in [-0.1, -0.05) is 6.92 Å². The monoisotopic (exact) mass is 275 g/mol. The van der Waals surface area contributed by atoms with Gasteiger partial charge in [0.15, 0.2) is 0 Å². The Morgan fingerprint density at radius 3 is 2.75 bits per heavy atom. The highest BCUT2D eigenvalue weighted by molar-refractivity contribution is 5.95. The number of amides is 1. The molecule has 1 aromatic carbocycles. The van der Waals surface area contributed by atoms with Crippen LogP contribution in [-0.4, -0.2) is 37.0 Å². The third-order valence-electron chi connectivity index (χ3n) is 4.08. The summed E-state index contributed by atoms with van der Waals surface area (Å²) >= 11 is 0. The van der Waals surface area contributed by atoms with Crippen molar-refractivity contribution in [1.29, 1.82) is 0 Å². The van der Waals surface area contributed by atoms with Gasteiger partial charge in [-0.3, -0.25) is 4.79 Å². The Kier molecular flexibility index (Phi) is 5.01. The fraction of sp³-hybridized carbons (Fsp3) is 0.562. The molecule has 0 saturated carbocycles. The Hall–Kier alpha value is -1.55. The van der Waals surface area contributed by atoms with E-state index in [-0.39, 0.29) is 5.91 Å². The van der Waals surface area contributed by atoms with E-state index in [9.17, 15) is 4.79 Å². The molecule has 0 aliphatic carbocycles. The van der Waals surface area contributed by atoms with Crippen LogP contribution in [0.2, 0.25) is 0 Å². The van der Waals surface area contributed by atoms with Crippen LogP contribution in [0.25, 0.3) is 0 Å². The van der Waals surface area contributed by atoms with Crippen LogP contribution in [-0.2, 0) is 0 Å². The number of rotatable bonds is 4. The molecule has 0 radical (unpaired) electrons. The number of likely N-dealkylation sites (tertiary alicyclic amines) is 1. The van der Waals surface area contributed by atoms with Gasteiger partial charge in [-0.15, -0.1) is 0 Å². The normalized spacial score (nSPS) is 17.1. The molecule has 0 atom stereocenters. The van der Waals surface area contributed by atoms with Gasteiger partial charge < -0.3 is 16.0 Å². The Morgan fingerprint density at radius 2 is 2.10 bits per heavy atom. The smallest absolute Gasteiger partial charge is 0.251 e. The van der Waals surface area contributed by atoms with E-state index in [0.29, 0.717) is 17.8 Å². The van der Waals surface area contributed by atoms with Gasteiger partial charge in [-0.25, -0.2) is 0 Å². The van der Waals surface area contributed by atoms with Crippen LogP contribution in [0.3, 0.4) is 0 Å². The number of anilines is 1. The Morgan fingerprint density at radius 1 is 1.40 bits per heavy atom. The fourth-order valence-corrected chi connectivity index (χ4v) is 2.65. The summed E-state index contributed by atoms with van der Waals surface area (Å²) in [6.45, 7) is 8.17. The van der Waals surface area contributed by atoms with E-state index in [2.05, 4.69) is 17.1 Å². The van der Waals surface area contributed by atoms with E-state index < -0.39 is 0 Å². The number of carbonyl (C=O) groups excluding carboxylic acids is 1. The molecule has 20 heavy (non-hydrogen) atoms. The van der Waals surface area contributed by atoms with Crippen LogP contribution in [0.1, 0.15) is 35.7 Å². The van der Waals surface area contributed by atoms with Gasteiger partial charge in [-0.2, -0.15) is 0 Å². The van der Waals surface area contributed by atoms with E-state index in [1.807, 2.05) is 13.0 Å². The van der Waals surface area contributed by atoms with E-state index in [0.717, 1.165) is 31.1 Å². The molecule has 0 bridgehead atoms. The number of piperidine rings is 1. The lowest BCUT2D eigenvalue weighted by atomic mass is 9.99. The molecule has 110 valence electrons. The number of nitrogen functional groups attached to an aromatic ring is 1. The quantitative estimate of drug-likeness (QED) is 0.827. The van der Waals surface area contributed by atoms with Gasteiger partial charge in [0.1, 0.15) is 0 Å². The average molecular weight is 275 g/mol. The van der Waals surface area contributed by atoms with Crippen molar-refractivity contribution in [2.75, 3.05) is 31.9 Å². The Balaban J connectivity index is 1.77. The van der Waals surface area contributed by atoms with Crippen molar-refractivity contribution in [3.8, 4) is 0 Å². The predicted octanol–water partition coefficient (Wildman–Crippen LogP) is 2.04. The van der Waals surface area contributed by atoms with Crippen LogP contribution in [0.15, 0.2) is 18.2 Å². The summed E-state index contributed by atoms with van der Waals surface area (Å²) in [4.78, 5) is 14.5. The summed E-state index contributed by atoms with van der Waals surface area (Å²) in [6, 6.07) is 5.40. The molecule has 2 rings (SSSR count). The largest absolute Gasteiger partial charge is 0.399 e. The van der Waals surface area contributed by atoms with E-state index in [1.165, 1.54) is 12.8 Å². The standard InChI is InChI=1S/C16H25N3O/c1-12-5-8-19(9-6-12)10-7-18-16(20)15-4-3-14(17)11-13(15)2/h3-4,11-12H,5-10,17H2,1-2H3,(H,18,20). The highest BCUT2D eigenvalue weighted by atomic mass is 16.1. The number of nitrogens with two attached hydrogens (primary N) is 1. The van der Waals surface area contributed by atoms with Crippen LogP contribution in [0.4, 0.5) is 5.69 Å². The van der Waals surface area contributed by atoms with Crippen molar-refractivity contribution in [3.63, 3.8) is 0 Å². The number of carbonyl (C=O) groups is 1. The van der Waals surface area contributed by atoms with Gasteiger partial charge >= 0.3 is 0 Å². The highest BCUT2D eigenvalue weighted by Gasteiger charge is 2.15. The molecule has 1 saturated heterocycles. The van der Waals surface area contributed by atoms with Crippen molar-refractivity contribution < 1.29 is 4.79 Å². The first-order chi connectivity index (χ1) is 9.56. The molecule has 1 aliphatic heterocycles. The maximum absolute atomic E-state index is 12.1. The van der Waals surface area contributed by atoms with Crippen LogP contribution >= 0.6 is 0 Å². The minimum absolute atomic E-state index is 0.00659. The van der Waals surface area contributed by atoms with E-state index in [4.69, 9.17) is 5.73 Å². The minimum Gasteiger partial charge on any atom is -0.399 e. The zero-order valence-electron chi connectivity index (χ0n) is 12.5. The maximum Gasteiger partial charge on any atom is 0.251 e. The van der Waals surface area contributed by atoms with Crippen molar-refractivity contribution >= 4 is 11.6 Å². The first-order valence-electron chi connectivity index (χ1n) is 7.43. The Labute approximate surface area is 121 Å². The molecule has 1 heterocycles. The Bertz CT molecular complexity index is 465.